The fraction of sp³-hybridized carbons (Fsp3) is 0.462. The molecule has 0 bridgehead atoms. The monoisotopic (exact) mass is 535 g/mol. The van der Waals surface area contributed by atoms with E-state index in [0.29, 0.717) is 37.1 Å². The zero-order valence-electron chi connectivity index (χ0n) is 21.9. The number of anilines is 1. The standard InChI is InChI=1S/C26H37N3O7S/c1-26(2,3)36-24(30)27-29(25(31)35-20-21-12-8-7-9-13-21)18-10-5-6-11-19-37(32,33)28-22-14-16-23(34-4)17-15-22/h7-9,12-17,28H,5-6,10-11,18-20H2,1-4H3,(H,27,30). The van der Waals surface area contributed by atoms with E-state index in [1.807, 2.05) is 30.3 Å². The van der Waals surface area contributed by atoms with Gasteiger partial charge in [0, 0.05) is 12.2 Å². The van der Waals surface area contributed by atoms with Crippen molar-refractivity contribution in [3.63, 3.8) is 0 Å². The van der Waals surface area contributed by atoms with Crippen molar-refractivity contribution in [1.82, 2.24) is 10.4 Å². The van der Waals surface area contributed by atoms with Gasteiger partial charge in [0.1, 0.15) is 18.0 Å². The number of benzene rings is 2. The molecular formula is C26H37N3O7S. The summed E-state index contributed by atoms with van der Waals surface area (Å²) in [5, 5.41) is 1.08. The summed E-state index contributed by atoms with van der Waals surface area (Å²) in [5.41, 5.74) is 3.00. The largest absolute Gasteiger partial charge is 0.497 e. The molecule has 0 aliphatic heterocycles. The van der Waals surface area contributed by atoms with Gasteiger partial charge >= 0.3 is 12.2 Å². The van der Waals surface area contributed by atoms with E-state index in [4.69, 9.17) is 14.2 Å². The van der Waals surface area contributed by atoms with Crippen LogP contribution >= 0.6 is 0 Å². The first-order valence-corrected chi connectivity index (χ1v) is 13.7. The summed E-state index contributed by atoms with van der Waals surface area (Å²) in [6, 6.07) is 15.8. The molecular weight excluding hydrogens is 498 g/mol. The number of carbonyl (C=O) groups is 2. The Labute approximate surface area is 219 Å². The molecule has 2 amide bonds. The van der Waals surface area contributed by atoms with Crippen molar-refractivity contribution in [2.75, 3.05) is 24.1 Å². The van der Waals surface area contributed by atoms with Crippen molar-refractivity contribution in [2.24, 2.45) is 0 Å². The van der Waals surface area contributed by atoms with E-state index in [2.05, 4.69) is 10.1 Å². The number of hydrogen-bond donors (Lipinski definition) is 2. The molecule has 0 saturated carbocycles. The molecule has 0 fully saturated rings. The molecule has 10 nitrogen and oxygen atoms in total. The molecule has 0 atom stereocenters. The molecule has 0 aromatic heterocycles. The topological polar surface area (TPSA) is 123 Å². The summed E-state index contributed by atoms with van der Waals surface area (Å²) >= 11 is 0. The highest BCUT2D eigenvalue weighted by molar-refractivity contribution is 7.92. The predicted molar refractivity (Wildman–Crippen MR) is 142 cm³/mol. The number of carbonyl (C=O) groups excluding carboxylic acids is 2. The average molecular weight is 536 g/mol. The third kappa shape index (κ3) is 12.4. The second kappa shape index (κ2) is 14.3. The summed E-state index contributed by atoms with van der Waals surface area (Å²) in [5.74, 6) is 0.611. The van der Waals surface area contributed by atoms with Gasteiger partial charge in [0.25, 0.3) is 0 Å². The molecule has 2 aromatic rings. The molecule has 0 heterocycles. The number of ether oxygens (including phenoxy) is 3. The first-order chi connectivity index (χ1) is 17.5. The second-order valence-electron chi connectivity index (χ2n) is 9.37. The van der Waals surface area contributed by atoms with Gasteiger partial charge < -0.3 is 14.2 Å². The van der Waals surface area contributed by atoms with Gasteiger partial charge in [0.05, 0.1) is 12.9 Å². The lowest BCUT2D eigenvalue weighted by Crippen LogP contribution is -2.48. The lowest BCUT2D eigenvalue weighted by molar-refractivity contribution is 0.0265. The fourth-order valence-corrected chi connectivity index (χ4v) is 4.39. The molecule has 0 spiro atoms. The van der Waals surface area contributed by atoms with E-state index >= 15 is 0 Å². The average Bonchev–Trinajstić information content (AvgIpc) is 2.83. The number of rotatable bonds is 12. The van der Waals surface area contributed by atoms with Crippen LogP contribution < -0.4 is 14.9 Å². The normalized spacial score (nSPS) is 11.4. The minimum atomic E-state index is -3.49. The van der Waals surface area contributed by atoms with Gasteiger partial charge in [-0.3, -0.25) is 4.72 Å². The number of amides is 2. The number of methoxy groups -OCH3 is 1. The van der Waals surface area contributed by atoms with Crippen LogP contribution in [0.4, 0.5) is 15.3 Å². The smallest absolute Gasteiger partial charge is 0.429 e. The molecule has 0 radical (unpaired) electrons. The zero-order valence-corrected chi connectivity index (χ0v) is 22.7. The molecule has 2 aromatic carbocycles. The first kappa shape index (κ1) is 29.8. The van der Waals surface area contributed by atoms with Crippen molar-refractivity contribution < 1.29 is 32.2 Å². The third-order valence-corrected chi connectivity index (χ3v) is 6.33. The number of sulfonamides is 1. The Morgan fingerprint density at radius 1 is 0.919 bits per heavy atom. The van der Waals surface area contributed by atoms with Crippen LogP contribution in [0.3, 0.4) is 0 Å². The molecule has 204 valence electrons. The highest BCUT2D eigenvalue weighted by atomic mass is 32.2. The third-order valence-electron chi connectivity index (χ3n) is 4.96. The van der Waals surface area contributed by atoms with Crippen LogP contribution in [0.15, 0.2) is 54.6 Å². The summed E-state index contributed by atoms with van der Waals surface area (Å²) in [7, 11) is -1.95. The zero-order chi connectivity index (χ0) is 27.3. The van der Waals surface area contributed by atoms with E-state index < -0.39 is 27.8 Å². The minimum absolute atomic E-state index is 0.0297. The maximum atomic E-state index is 12.6. The molecule has 0 saturated heterocycles. The van der Waals surface area contributed by atoms with Crippen molar-refractivity contribution in [3.05, 3.63) is 60.2 Å². The quantitative estimate of drug-likeness (QED) is 0.287. The Balaban J connectivity index is 1.79. The SMILES string of the molecule is COc1ccc(NS(=O)(=O)CCCCCCN(NC(=O)OC(C)(C)C)C(=O)OCc2ccccc2)cc1. The Morgan fingerprint density at radius 2 is 1.57 bits per heavy atom. The van der Waals surface area contributed by atoms with Gasteiger partial charge in [-0.25, -0.2) is 28.4 Å². The summed E-state index contributed by atoms with van der Waals surface area (Å²) < 4.78 is 42.9. The van der Waals surface area contributed by atoms with Crippen LogP contribution in [0, 0.1) is 0 Å². The van der Waals surface area contributed by atoms with E-state index in [9.17, 15) is 18.0 Å². The molecule has 0 aliphatic rings. The van der Waals surface area contributed by atoms with E-state index in [-0.39, 0.29) is 18.9 Å². The number of hydrogen-bond acceptors (Lipinski definition) is 7. The van der Waals surface area contributed by atoms with Crippen molar-refractivity contribution in [1.29, 1.82) is 0 Å². The highest BCUT2D eigenvalue weighted by Crippen LogP contribution is 2.17. The molecule has 0 aliphatic carbocycles. The Hall–Kier alpha value is -3.47. The Morgan fingerprint density at radius 3 is 2.19 bits per heavy atom. The van der Waals surface area contributed by atoms with Crippen molar-refractivity contribution in [3.8, 4) is 5.75 Å². The molecule has 11 heteroatoms. The number of hydrazine groups is 1. The van der Waals surface area contributed by atoms with Gasteiger partial charge in [-0.15, -0.1) is 0 Å². The number of nitrogens with one attached hydrogen (secondary N) is 2. The van der Waals surface area contributed by atoms with Crippen LogP contribution in [-0.2, 0) is 26.1 Å². The lowest BCUT2D eigenvalue weighted by atomic mass is 10.2. The Bertz CT molecular complexity index is 1090. The van der Waals surface area contributed by atoms with Crippen LogP contribution in [0.5, 0.6) is 5.75 Å². The summed E-state index contributed by atoms with van der Waals surface area (Å²) in [4.78, 5) is 24.8. The predicted octanol–water partition coefficient (Wildman–Crippen LogP) is 5.08. The van der Waals surface area contributed by atoms with Crippen molar-refractivity contribution >= 4 is 27.9 Å². The Kier molecular flexibility index (Phi) is 11.5. The summed E-state index contributed by atoms with van der Waals surface area (Å²) in [6.45, 7) is 5.42. The number of unbranched alkanes of at least 4 members (excludes halogenated alkanes) is 3. The van der Waals surface area contributed by atoms with Gasteiger partial charge in [0.15, 0.2) is 0 Å². The molecule has 2 N–H and O–H groups in total. The van der Waals surface area contributed by atoms with Gasteiger partial charge in [-0.1, -0.05) is 43.2 Å². The van der Waals surface area contributed by atoms with Gasteiger partial charge in [-0.05, 0) is 63.4 Å². The maximum absolute atomic E-state index is 12.6. The number of nitrogens with zero attached hydrogens (tertiary/aromatic N) is 1. The van der Waals surface area contributed by atoms with E-state index in [1.165, 1.54) is 0 Å². The van der Waals surface area contributed by atoms with Crippen LogP contribution in [0.25, 0.3) is 0 Å². The minimum Gasteiger partial charge on any atom is -0.497 e. The van der Waals surface area contributed by atoms with Crippen molar-refractivity contribution in [2.45, 2.75) is 58.7 Å². The van der Waals surface area contributed by atoms with E-state index in [1.54, 1.807) is 52.1 Å². The van der Waals surface area contributed by atoms with Gasteiger partial charge in [0.2, 0.25) is 10.0 Å². The van der Waals surface area contributed by atoms with Crippen LogP contribution in [-0.4, -0.2) is 50.6 Å². The van der Waals surface area contributed by atoms with Crippen LogP contribution in [0.2, 0.25) is 0 Å². The molecule has 37 heavy (non-hydrogen) atoms. The fourth-order valence-electron chi connectivity index (χ4n) is 3.21. The molecule has 0 unspecified atom stereocenters. The van der Waals surface area contributed by atoms with Crippen LogP contribution in [0.1, 0.15) is 52.0 Å². The maximum Gasteiger partial charge on any atom is 0.429 e. The van der Waals surface area contributed by atoms with E-state index in [0.717, 1.165) is 10.6 Å². The second-order valence-corrected chi connectivity index (χ2v) is 11.2. The molecule has 2 rings (SSSR count). The highest BCUT2D eigenvalue weighted by Gasteiger charge is 2.22. The van der Waals surface area contributed by atoms with Gasteiger partial charge in [-0.2, -0.15) is 0 Å². The summed E-state index contributed by atoms with van der Waals surface area (Å²) in [6.07, 6.45) is 0.784. The first-order valence-electron chi connectivity index (χ1n) is 12.1. The lowest BCUT2D eigenvalue weighted by Gasteiger charge is -2.25.